The first kappa shape index (κ1) is 24.7. The summed E-state index contributed by atoms with van der Waals surface area (Å²) in [5, 5.41) is 27.4. The SMILES string of the molecule is O=c1c2ccccc2nc(C2CCCCC2)n1N=Cc1ccc(Oc2ccc([N+](=O)[O-])cn2)c([N+](=O)[O-])c1. The lowest BCUT2D eigenvalue weighted by atomic mass is 9.88. The van der Waals surface area contributed by atoms with Crippen molar-refractivity contribution in [2.24, 2.45) is 5.10 Å². The number of pyridine rings is 1. The molecule has 0 N–H and O–H groups in total. The van der Waals surface area contributed by atoms with Gasteiger partial charge in [0.1, 0.15) is 12.0 Å². The fourth-order valence-electron chi connectivity index (χ4n) is 4.50. The molecule has 5 rings (SSSR count). The molecule has 12 heteroatoms. The number of hydrogen-bond acceptors (Lipinski definition) is 9. The number of para-hydroxylation sites is 1. The molecule has 0 amide bonds. The molecule has 1 aliphatic carbocycles. The van der Waals surface area contributed by atoms with Gasteiger partial charge >= 0.3 is 5.69 Å². The van der Waals surface area contributed by atoms with Gasteiger partial charge in [-0.2, -0.15) is 9.78 Å². The van der Waals surface area contributed by atoms with Crippen molar-refractivity contribution in [2.45, 2.75) is 38.0 Å². The first-order valence-electron chi connectivity index (χ1n) is 12.0. The number of aromatic nitrogens is 3. The number of rotatable bonds is 7. The molecule has 0 aliphatic heterocycles. The second-order valence-electron chi connectivity index (χ2n) is 8.88. The normalized spacial score (nSPS) is 14.1. The molecular weight excluding hydrogens is 492 g/mol. The first-order chi connectivity index (χ1) is 18.4. The lowest BCUT2D eigenvalue weighted by Gasteiger charge is -2.22. The predicted octanol–water partition coefficient (Wildman–Crippen LogP) is 5.33. The topological polar surface area (TPSA) is 156 Å². The van der Waals surface area contributed by atoms with Gasteiger partial charge in [0.25, 0.3) is 11.2 Å². The second-order valence-corrected chi connectivity index (χ2v) is 8.88. The van der Waals surface area contributed by atoms with E-state index in [9.17, 15) is 25.0 Å². The van der Waals surface area contributed by atoms with Crippen LogP contribution < -0.4 is 10.3 Å². The summed E-state index contributed by atoms with van der Waals surface area (Å²) < 4.78 is 6.80. The molecule has 0 saturated heterocycles. The predicted molar refractivity (Wildman–Crippen MR) is 139 cm³/mol. The number of nitrogens with zero attached hydrogens (tertiary/aromatic N) is 6. The van der Waals surface area contributed by atoms with E-state index in [1.807, 2.05) is 6.07 Å². The Morgan fingerprint density at radius 1 is 1.00 bits per heavy atom. The fourth-order valence-corrected chi connectivity index (χ4v) is 4.50. The van der Waals surface area contributed by atoms with E-state index in [1.54, 1.807) is 24.3 Å². The monoisotopic (exact) mass is 514 g/mol. The zero-order valence-corrected chi connectivity index (χ0v) is 20.1. The van der Waals surface area contributed by atoms with E-state index < -0.39 is 9.85 Å². The molecule has 2 aromatic heterocycles. The molecule has 0 atom stereocenters. The number of fused-ring (bicyclic) bond motifs is 1. The number of nitro benzene ring substituents is 1. The summed E-state index contributed by atoms with van der Waals surface area (Å²) >= 11 is 0. The van der Waals surface area contributed by atoms with Gasteiger partial charge < -0.3 is 4.74 Å². The van der Waals surface area contributed by atoms with Gasteiger partial charge in [-0.05, 0) is 37.1 Å². The average molecular weight is 514 g/mol. The third-order valence-electron chi connectivity index (χ3n) is 6.40. The van der Waals surface area contributed by atoms with E-state index >= 15 is 0 Å². The Balaban J connectivity index is 1.49. The van der Waals surface area contributed by atoms with Gasteiger partial charge in [-0.15, -0.1) is 0 Å². The highest BCUT2D eigenvalue weighted by atomic mass is 16.6. The van der Waals surface area contributed by atoms with E-state index in [4.69, 9.17) is 9.72 Å². The van der Waals surface area contributed by atoms with E-state index in [2.05, 4.69) is 10.1 Å². The highest BCUT2D eigenvalue weighted by Gasteiger charge is 2.23. The van der Waals surface area contributed by atoms with Crippen LogP contribution in [0.3, 0.4) is 0 Å². The third kappa shape index (κ3) is 5.09. The molecule has 1 aliphatic rings. The third-order valence-corrected chi connectivity index (χ3v) is 6.40. The van der Waals surface area contributed by atoms with Crippen LogP contribution in [0.15, 0.2) is 70.7 Å². The molecule has 1 fully saturated rings. The quantitative estimate of drug-likeness (QED) is 0.182. The Labute approximate surface area is 215 Å². The van der Waals surface area contributed by atoms with E-state index in [-0.39, 0.29) is 34.5 Å². The Kier molecular flexibility index (Phi) is 6.85. The molecule has 2 aromatic carbocycles. The van der Waals surface area contributed by atoms with Gasteiger partial charge in [-0.1, -0.05) is 31.4 Å². The molecule has 1 saturated carbocycles. The second kappa shape index (κ2) is 10.5. The molecular formula is C26H22N6O6. The van der Waals surface area contributed by atoms with Crippen LogP contribution in [0, 0.1) is 20.2 Å². The van der Waals surface area contributed by atoms with Crippen LogP contribution in [0.1, 0.15) is 49.4 Å². The maximum atomic E-state index is 13.3. The van der Waals surface area contributed by atoms with Crippen molar-refractivity contribution < 1.29 is 14.6 Å². The van der Waals surface area contributed by atoms with Crippen molar-refractivity contribution in [3.05, 3.63) is 103 Å². The minimum absolute atomic E-state index is 0.0361. The molecule has 0 spiro atoms. The summed E-state index contributed by atoms with van der Waals surface area (Å²) in [7, 11) is 0. The number of benzene rings is 2. The Morgan fingerprint density at radius 2 is 1.79 bits per heavy atom. The van der Waals surface area contributed by atoms with Gasteiger partial charge in [-0.25, -0.2) is 9.97 Å². The van der Waals surface area contributed by atoms with Crippen molar-refractivity contribution in [1.29, 1.82) is 0 Å². The summed E-state index contributed by atoms with van der Waals surface area (Å²) in [6.07, 6.45) is 7.45. The van der Waals surface area contributed by atoms with Gasteiger partial charge in [0.2, 0.25) is 11.6 Å². The van der Waals surface area contributed by atoms with Crippen molar-refractivity contribution in [1.82, 2.24) is 14.6 Å². The molecule has 38 heavy (non-hydrogen) atoms. The van der Waals surface area contributed by atoms with Gasteiger partial charge in [0.05, 0.1) is 27.0 Å². The molecule has 12 nitrogen and oxygen atoms in total. The minimum atomic E-state index is -0.616. The largest absolute Gasteiger partial charge is 0.432 e. The summed E-state index contributed by atoms with van der Waals surface area (Å²) in [6, 6.07) is 13.7. The number of nitro groups is 2. The maximum Gasteiger partial charge on any atom is 0.312 e. The van der Waals surface area contributed by atoms with Gasteiger partial charge in [0, 0.05) is 29.7 Å². The van der Waals surface area contributed by atoms with Crippen molar-refractivity contribution in [3.63, 3.8) is 0 Å². The highest BCUT2D eigenvalue weighted by Crippen LogP contribution is 2.33. The van der Waals surface area contributed by atoms with E-state index in [0.29, 0.717) is 22.3 Å². The van der Waals surface area contributed by atoms with Crippen LogP contribution in [0.2, 0.25) is 0 Å². The summed E-state index contributed by atoms with van der Waals surface area (Å²) in [6.45, 7) is 0. The van der Waals surface area contributed by atoms with Crippen LogP contribution in [0.25, 0.3) is 10.9 Å². The van der Waals surface area contributed by atoms with Crippen LogP contribution in [-0.4, -0.2) is 30.7 Å². The van der Waals surface area contributed by atoms with Crippen LogP contribution in [0.5, 0.6) is 11.6 Å². The van der Waals surface area contributed by atoms with Crippen LogP contribution in [0.4, 0.5) is 11.4 Å². The molecule has 0 radical (unpaired) electrons. The zero-order valence-electron chi connectivity index (χ0n) is 20.1. The van der Waals surface area contributed by atoms with E-state index in [1.165, 1.54) is 35.2 Å². The van der Waals surface area contributed by atoms with Crippen LogP contribution in [-0.2, 0) is 0 Å². The van der Waals surface area contributed by atoms with Gasteiger partial charge in [0.15, 0.2) is 0 Å². The Morgan fingerprint density at radius 3 is 2.50 bits per heavy atom. The summed E-state index contributed by atoms with van der Waals surface area (Å²) in [4.78, 5) is 43.3. The molecule has 192 valence electrons. The molecule has 4 aromatic rings. The molecule has 0 bridgehead atoms. The lowest BCUT2D eigenvalue weighted by molar-refractivity contribution is -0.385. The zero-order chi connectivity index (χ0) is 26.6. The van der Waals surface area contributed by atoms with E-state index in [0.717, 1.165) is 38.3 Å². The highest BCUT2D eigenvalue weighted by molar-refractivity contribution is 5.82. The van der Waals surface area contributed by atoms with Crippen molar-refractivity contribution in [3.8, 4) is 11.6 Å². The van der Waals surface area contributed by atoms with Crippen LogP contribution >= 0.6 is 0 Å². The Hall–Kier alpha value is -5.00. The first-order valence-corrected chi connectivity index (χ1v) is 12.0. The average Bonchev–Trinajstić information content (AvgIpc) is 2.93. The molecule has 0 unspecified atom stereocenters. The summed E-state index contributed by atoms with van der Waals surface area (Å²) in [5.74, 6) is 0.549. The lowest BCUT2D eigenvalue weighted by Crippen LogP contribution is -2.25. The summed E-state index contributed by atoms with van der Waals surface area (Å²) in [5.41, 5.74) is 0.0954. The van der Waals surface area contributed by atoms with Crippen molar-refractivity contribution >= 4 is 28.5 Å². The van der Waals surface area contributed by atoms with Gasteiger partial charge in [-0.3, -0.25) is 25.0 Å². The molecule has 2 heterocycles. The minimum Gasteiger partial charge on any atom is -0.432 e. The smallest absolute Gasteiger partial charge is 0.312 e. The number of hydrogen-bond donors (Lipinski definition) is 0. The van der Waals surface area contributed by atoms with Crippen molar-refractivity contribution in [2.75, 3.05) is 0 Å². The standard InChI is InChI=1S/C26H22N6O6/c33-26-20-8-4-5-9-21(20)29-25(18-6-2-1-3-7-18)30(26)28-15-17-10-12-23(22(14-17)32(36)37)38-24-13-11-19(16-27-24)31(34)35/h4-5,8-16,18H,1-3,6-7H2. The fraction of sp³-hybridized carbons (Fsp3) is 0.231. The Bertz CT molecular complexity index is 1610. The number of ether oxygens (including phenoxy) is 1. The maximum absolute atomic E-state index is 13.3.